The van der Waals surface area contributed by atoms with Crippen LogP contribution in [0.25, 0.3) is 0 Å². The minimum Gasteiger partial charge on any atom is -0.480 e. The topological polar surface area (TPSA) is 73.7 Å². The van der Waals surface area contributed by atoms with E-state index in [4.69, 9.17) is 0 Å². The second-order valence-electron chi connectivity index (χ2n) is 7.88. The Morgan fingerprint density at radius 2 is 2.00 bits per heavy atom. The Labute approximate surface area is 147 Å². The molecule has 0 aromatic carbocycles. The zero-order valence-electron chi connectivity index (χ0n) is 14.4. The van der Waals surface area contributed by atoms with Crippen molar-refractivity contribution < 1.29 is 14.7 Å². The number of aromatic nitrogens is 1. The first-order valence-corrected chi connectivity index (χ1v) is 9.22. The van der Waals surface area contributed by atoms with Crippen molar-refractivity contribution in [2.45, 2.75) is 44.7 Å². The van der Waals surface area contributed by atoms with Crippen LogP contribution in [-0.4, -0.2) is 57.4 Å². The highest BCUT2D eigenvalue weighted by atomic mass is 16.4. The van der Waals surface area contributed by atoms with Crippen LogP contribution in [0.5, 0.6) is 0 Å². The van der Waals surface area contributed by atoms with Crippen molar-refractivity contribution in [3.63, 3.8) is 0 Å². The Morgan fingerprint density at radius 3 is 2.60 bits per heavy atom. The maximum Gasteiger partial charge on any atom is 0.320 e. The average Bonchev–Trinajstić information content (AvgIpc) is 3.40. The van der Waals surface area contributed by atoms with Crippen molar-refractivity contribution in [2.75, 3.05) is 19.6 Å². The molecule has 3 heterocycles. The number of pyridine rings is 1. The van der Waals surface area contributed by atoms with Crippen LogP contribution in [0.3, 0.4) is 0 Å². The quantitative estimate of drug-likeness (QED) is 0.902. The van der Waals surface area contributed by atoms with Gasteiger partial charge in [-0.1, -0.05) is 6.07 Å². The molecule has 1 aromatic rings. The molecule has 2 saturated heterocycles. The van der Waals surface area contributed by atoms with Gasteiger partial charge in [-0.2, -0.15) is 0 Å². The summed E-state index contributed by atoms with van der Waals surface area (Å²) >= 11 is 0. The number of hydrogen-bond donors (Lipinski definition) is 1. The molecule has 134 valence electrons. The second kappa shape index (κ2) is 6.41. The summed E-state index contributed by atoms with van der Waals surface area (Å²) < 4.78 is 0. The molecule has 6 heteroatoms. The SMILES string of the molecule is O=C(O)[C@@H]1CC2(CCN(C(=O)C3CC3)CC2)CN1Cc1ccccn1. The monoisotopic (exact) mass is 343 g/mol. The van der Waals surface area contributed by atoms with E-state index in [1.165, 1.54) is 0 Å². The summed E-state index contributed by atoms with van der Waals surface area (Å²) in [5, 5.41) is 9.67. The van der Waals surface area contributed by atoms with Gasteiger partial charge in [0.15, 0.2) is 0 Å². The summed E-state index contributed by atoms with van der Waals surface area (Å²) in [6.45, 7) is 2.91. The van der Waals surface area contributed by atoms with E-state index in [2.05, 4.69) is 9.88 Å². The highest BCUT2D eigenvalue weighted by Crippen LogP contribution is 2.44. The molecule has 2 aliphatic heterocycles. The van der Waals surface area contributed by atoms with Crippen molar-refractivity contribution in [2.24, 2.45) is 11.3 Å². The van der Waals surface area contributed by atoms with Gasteiger partial charge in [-0.3, -0.25) is 19.5 Å². The summed E-state index contributed by atoms with van der Waals surface area (Å²) in [6.07, 6.45) is 6.33. The van der Waals surface area contributed by atoms with Gasteiger partial charge in [0.1, 0.15) is 6.04 Å². The third-order valence-electron chi connectivity index (χ3n) is 6.04. The van der Waals surface area contributed by atoms with Crippen LogP contribution in [0.4, 0.5) is 0 Å². The van der Waals surface area contributed by atoms with Gasteiger partial charge in [0.05, 0.1) is 5.69 Å². The number of carbonyl (C=O) groups is 2. The molecule has 6 nitrogen and oxygen atoms in total. The van der Waals surface area contributed by atoms with Crippen molar-refractivity contribution in [3.8, 4) is 0 Å². The Morgan fingerprint density at radius 1 is 1.24 bits per heavy atom. The predicted molar refractivity (Wildman–Crippen MR) is 91.7 cm³/mol. The molecule has 1 atom stereocenters. The summed E-state index contributed by atoms with van der Waals surface area (Å²) in [7, 11) is 0. The van der Waals surface area contributed by atoms with Crippen LogP contribution in [0.2, 0.25) is 0 Å². The van der Waals surface area contributed by atoms with E-state index >= 15 is 0 Å². The fourth-order valence-corrected chi connectivity index (χ4v) is 4.41. The van der Waals surface area contributed by atoms with E-state index in [9.17, 15) is 14.7 Å². The van der Waals surface area contributed by atoms with Gasteiger partial charge in [-0.05, 0) is 49.7 Å². The Balaban J connectivity index is 1.43. The fourth-order valence-electron chi connectivity index (χ4n) is 4.41. The number of amides is 1. The van der Waals surface area contributed by atoms with E-state index < -0.39 is 12.0 Å². The Kier molecular flexibility index (Phi) is 4.23. The third kappa shape index (κ3) is 3.40. The molecular formula is C19H25N3O3. The molecule has 4 rings (SSSR count). The first-order chi connectivity index (χ1) is 12.1. The molecule has 1 saturated carbocycles. The molecule has 1 aliphatic carbocycles. The number of carbonyl (C=O) groups excluding carboxylic acids is 1. The van der Waals surface area contributed by atoms with Crippen LogP contribution in [-0.2, 0) is 16.1 Å². The van der Waals surface area contributed by atoms with Gasteiger partial charge in [0, 0.05) is 38.3 Å². The standard InChI is InChI=1S/C19H25N3O3/c23-17(14-4-5-14)21-9-6-19(7-10-21)11-16(18(24)25)22(13-19)12-15-3-1-2-8-20-15/h1-3,8,14,16H,4-7,9-13H2,(H,24,25)/t16-/m0/s1. The first kappa shape index (κ1) is 16.5. The van der Waals surface area contributed by atoms with Crippen LogP contribution in [0.1, 0.15) is 37.8 Å². The van der Waals surface area contributed by atoms with Gasteiger partial charge >= 0.3 is 5.97 Å². The van der Waals surface area contributed by atoms with E-state index in [1.54, 1.807) is 6.20 Å². The largest absolute Gasteiger partial charge is 0.480 e. The van der Waals surface area contributed by atoms with Crippen LogP contribution >= 0.6 is 0 Å². The van der Waals surface area contributed by atoms with Gasteiger partial charge in [0.25, 0.3) is 0 Å². The molecule has 3 fully saturated rings. The zero-order valence-corrected chi connectivity index (χ0v) is 14.4. The van der Waals surface area contributed by atoms with Gasteiger partial charge in [0.2, 0.25) is 5.91 Å². The van der Waals surface area contributed by atoms with Gasteiger partial charge in [-0.25, -0.2) is 0 Å². The summed E-state index contributed by atoms with van der Waals surface area (Å²) in [5.74, 6) is -0.165. The van der Waals surface area contributed by atoms with E-state index in [-0.39, 0.29) is 11.3 Å². The fraction of sp³-hybridized carbons (Fsp3) is 0.632. The van der Waals surface area contributed by atoms with Crippen molar-refractivity contribution in [1.29, 1.82) is 0 Å². The number of rotatable bonds is 4. The molecule has 0 bridgehead atoms. The van der Waals surface area contributed by atoms with Crippen molar-refractivity contribution in [3.05, 3.63) is 30.1 Å². The maximum atomic E-state index is 12.3. The molecule has 0 radical (unpaired) electrons. The van der Waals surface area contributed by atoms with Gasteiger partial charge < -0.3 is 10.0 Å². The zero-order chi connectivity index (χ0) is 17.4. The number of piperidine rings is 1. The van der Waals surface area contributed by atoms with E-state index in [0.717, 1.165) is 51.0 Å². The summed E-state index contributed by atoms with van der Waals surface area (Å²) in [6, 6.07) is 5.30. The lowest BCUT2D eigenvalue weighted by Gasteiger charge is -2.39. The Hall–Kier alpha value is -1.95. The molecule has 3 aliphatic rings. The number of carboxylic acid groups (broad SMARTS) is 1. The lowest BCUT2D eigenvalue weighted by molar-refractivity contribution is -0.142. The minimum atomic E-state index is -0.746. The molecule has 0 unspecified atom stereocenters. The highest BCUT2D eigenvalue weighted by Gasteiger charge is 2.49. The normalized spacial score (nSPS) is 26.1. The van der Waals surface area contributed by atoms with Crippen LogP contribution in [0.15, 0.2) is 24.4 Å². The molecular weight excluding hydrogens is 318 g/mol. The average molecular weight is 343 g/mol. The maximum absolute atomic E-state index is 12.3. The number of carboxylic acids is 1. The Bertz CT molecular complexity index is 651. The highest BCUT2D eigenvalue weighted by molar-refractivity contribution is 5.81. The van der Waals surface area contributed by atoms with Crippen molar-refractivity contribution in [1.82, 2.24) is 14.8 Å². The number of hydrogen-bond acceptors (Lipinski definition) is 4. The van der Waals surface area contributed by atoms with E-state index in [1.807, 2.05) is 23.1 Å². The third-order valence-corrected chi connectivity index (χ3v) is 6.04. The summed E-state index contributed by atoms with van der Waals surface area (Å²) in [5.41, 5.74) is 0.935. The van der Waals surface area contributed by atoms with Crippen LogP contribution in [0, 0.1) is 11.3 Å². The number of aliphatic carboxylic acids is 1. The second-order valence-corrected chi connectivity index (χ2v) is 7.88. The number of nitrogens with zero attached hydrogens (tertiary/aromatic N) is 3. The predicted octanol–water partition coefficient (Wildman–Crippen LogP) is 1.76. The lowest BCUT2D eigenvalue weighted by Crippen LogP contribution is -2.44. The minimum absolute atomic E-state index is 0.0260. The smallest absolute Gasteiger partial charge is 0.320 e. The molecule has 1 N–H and O–H groups in total. The number of likely N-dealkylation sites (tertiary alicyclic amines) is 2. The molecule has 1 amide bonds. The van der Waals surface area contributed by atoms with Gasteiger partial charge in [-0.15, -0.1) is 0 Å². The molecule has 1 aromatic heterocycles. The van der Waals surface area contributed by atoms with E-state index in [0.29, 0.717) is 18.9 Å². The molecule has 25 heavy (non-hydrogen) atoms. The summed E-state index contributed by atoms with van der Waals surface area (Å²) in [4.78, 5) is 32.4. The lowest BCUT2D eigenvalue weighted by atomic mass is 9.76. The first-order valence-electron chi connectivity index (χ1n) is 9.22. The van der Waals surface area contributed by atoms with Crippen LogP contribution < -0.4 is 0 Å². The van der Waals surface area contributed by atoms with Crippen molar-refractivity contribution >= 4 is 11.9 Å². The molecule has 1 spiro atoms.